The molecule has 0 amide bonds. The Bertz CT molecular complexity index is 323. The van der Waals surface area contributed by atoms with E-state index in [4.69, 9.17) is 5.73 Å². The van der Waals surface area contributed by atoms with Crippen LogP contribution in [0.3, 0.4) is 0 Å². The Morgan fingerprint density at radius 2 is 2.29 bits per heavy atom. The summed E-state index contributed by atoms with van der Waals surface area (Å²) in [4.78, 5) is 0. The molecule has 0 saturated heterocycles. The summed E-state index contributed by atoms with van der Waals surface area (Å²) >= 11 is 0. The van der Waals surface area contributed by atoms with Crippen molar-refractivity contribution in [2.45, 2.75) is 25.8 Å². The third-order valence-electron chi connectivity index (χ3n) is 2.60. The molecule has 6 heteroatoms. The van der Waals surface area contributed by atoms with Crippen LogP contribution in [0.2, 0.25) is 0 Å². The van der Waals surface area contributed by atoms with Crippen LogP contribution in [-0.2, 0) is 13.0 Å². The normalized spacial score (nSPS) is 21.3. The Labute approximate surface area is 80.1 Å². The number of nitrogens with two attached hydrogens (primary N) is 1. The van der Waals surface area contributed by atoms with Gasteiger partial charge in [-0.1, -0.05) is 0 Å². The minimum atomic E-state index is -2.55. The van der Waals surface area contributed by atoms with E-state index in [1.807, 2.05) is 0 Å². The Hall–Kier alpha value is -1.04. The molecule has 0 radical (unpaired) electrons. The Kier molecular flexibility index (Phi) is 2.45. The number of alkyl halides is 2. The minimum Gasteiger partial charge on any atom is -0.330 e. The van der Waals surface area contributed by atoms with Gasteiger partial charge in [-0.3, -0.25) is 0 Å². The first-order valence-corrected chi connectivity index (χ1v) is 4.62. The van der Waals surface area contributed by atoms with E-state index in [0.29, 0.717) is 25.3 Å². The molecule has 78 valence electrons. The second-order valence-corrected chi connectivity index (χ2v) is 3.53. The van der Waals surface area contributed by atoms with Gasteiger partial charge in [-0.2, -0.15) is 0 Å². The molecule has 2 N–H and O–H groups in total. The first-order valence-electron chi connectivity index (χ1n) is 4.62. The van der Waals surface area contributed by atoms with Crippen LogP contribution in [0, 0.1) is 5.92 Å². The van der Waals surface area contributed by atoms with Crippen molar-refractivity contribution in [1.29, 1.82) is 0 Å². The number of hydrogen-bond acceptors (Lipinski definition) is 3. The van der Waals surface area contributed by atoms with Gasteiger partial charge < -0.3 is 10.3 Å². The highest BCUT2D eigenvalue weighted by atomic mass is 19.3. The fourth-order valence-electron chi connectivity index (χ4n) is 1.77. The van der Waals surface area contributed by atoms with Gasteiger partial charge in [0.25, 0.3) is 6.43 Å². The van der Waals surface area contributed by atoms with Gasteiger partial charge in [-0.05, 0) is 18.9 Å². The van der Waals surface area contributed by atoms with Crippen molar-refractivity contribution in [3.63, 3.8) is 0 Å². The fraction of sp³-hybridized carbons (Fsp3) is 0.750. The third-order valence-corrected chi connectivity index (χ3v) is 2.60. The third kappa shape index (κ3) is 1.50. The van der Waals surface area contributed by atoms with Gasteiger partial charge in [0.15, 0.2) is 5.82 Å². The van der Waals surface area contributed by atoms with E-state index in [1.54, 1.807) is 0 Å². The molecule has 1 aliphatic rings. The Balaban J connectivity index is 2.28. The summed E-state index contributed by atoms with van der Waals surface area (Å²) in [7, 11) is 0. The van der Waals surface area contributed by atoms with Crippen molar-refractivity contribution in [3.05, 3.63) is 11.6 Å². The Morgan fingerprint density at radius 3 is 2.93 bits per heavy atom. The summed E-state index contributed by atoms with van der Waals surface area (Å²) in [5, 5.41) is 7.23. The molecular weight excluding hydrogens is 190 g/mol. The SMILES string of the molecule is NCC1CCc2nnc(C(F)F)n2C1. The number of hydrogen-bond donors (Lipinski definition) is 1. The van der Waals surface area contributed by atoms with Crippen molar-refractivity contribution in [2.24, 2.45) is 11.7 Å². The van der Waals surface area contributed by atoms with E-state index >= 15 is 0 Å². The van der Waals surface area contributed by atoms with Crippen molar-refractivity contribution in [2.75, 3.05) is 6.54 Å². The number of rotatable bonds is 2. The monoisotopic (exact) mass is 202 g/mol. The molecule has 1 unspecified atom stereocenters. The fourth-order valence-corrected chi connectivity index (χ4v) is 1.77. The van der Waals surface area contributed by atoms with Crippen LogP contribution in [0.4, 0.5) is 8.78 Å². The van der Waals surface area contributed by atoms with E-state index in [2.05, 4.69) is 10.2 Å². The molecule has 0 spiro atoms. The van der Waals surface area contributed by atoms with Crippen molar-refractivity contribution in [3.8, 4) is 0 Å². The van der Waals surface area contributed by atoms with Crippen molar-refractivity contribution < 1.29 is 8.78 Å². The van der Waals surface area contributed by atoms with E-state index < -0.39 is 6.43 Å². The van der Waals surface area contributed by atoms with Crippen LogP contribution in [0.15, 0.2) is 0 Å². The van der Waals surface area contributed by atoms with Gasteiger partial charge in [-0.15, -0.1) is 10.2 Å². The highest BCUT2D eigenvalue weighted by molar-refractivity contribution is 5.01. The molecule has 0 bridgehead atoms. The average molecular weight is 202 g/mol. The lowest BCUT2D eigenvalue weighted by atomic mass is 10.00. The number of halogens is 2. The first kappa shape index (κ1) is 9.51. The van der Waals surface area contributed by atoms with Crippen LogP contribution in [0.25, 0.3) is 0 Å². The van der Waals surface area contributed by atoms with Crippen LogP contribution >= 0.6 is 0 Å². The second kappa shape index (κ2) is 3.61. The molecule has 1 aromatic rings. The maximum absolute atomic E-state index is 12.5. The molecule has 1 atom stereocenters. The second-order valence-electron chi connectivity index (χ2n) is 3.53. The molecule has 2 rings (SSSR count). The molecular formula is C8H12F2N4. The molecule has 0 fully saturated rings. The number of aromatic nitrogens is 3. The quantitative estimate of drug-likeness (QED) is 0.769. The van der Waals surface area contributed by atoms with E-state index in [9.17, 15) is 8.78 Å². The summed E-state index contributed by atoms with van der Waals surface area (Å²) < 4.78 is 26.4. The minimum absolute atomic E-state index is 0.224. The molecule has 0 aliphatic carbocycles. The average Bonchev–Trinajstić information content (AvgIpc) is 2.59. The lowest BCUT2D eigenvalue weighted by Crippen LogP contribution is -2.27. The summed E-state index contributed by atoms with van der Waals surface area (Å²) in [6.07, 6.45) is -0.938. The summed E-state index contributed by atoms with van der Waals surface area (Å²) in [5.41, 5.74) is 5.51. The van der Waals surface area contributed by atoms with E-state index in [1.165, 1.54) is 4.57 Å². The number of fused-ring (bicyclic) bond motifs is 1. The molecule has 14 heavy (non-hydrogen) atoms. The zero-order valence-electron chi connectivity index (χ0n) is 7.66. The van der Waals surface area contributed by atoms with Crippen LogP contribution in [-0.4, -0.2) is 21.3 Å². The molecule has 1 aromatic heterocycles. The molecule has 2 heterocycles. The summed E-state index contributed by atoms with van der Waals surface area (Å²) in [6, 6.07) is 0. The summed E-state index contributed by atoms with van der Waals surface area (Å²) in [6.45, 7) is 1.05. The standard InChI is InChI=1S/C8H12F2N4/c9-7(10)8-13-12-6-2-1-5(3-11)4-14(6)8/h5,7H,1-4,11H2. The van der Waals surface area contributed by atoms with Crippen LogP contribution < -0.4 is 5.73 Å². The molecule has 0 saturated carbocycles. The van der Waals surface area contributed by atoms with Gasteiger partial charge in [0.1, 0.15) is 5.82 Å². The maximum Gasteiger partial charge on any atom is 0.297 e. The largest absolute Gasteiger partial charge is 0.330 e. The van der Waals surface area contributed by atoms with Crippen LogP contribution in [0.5, 0.6) is 0 Å². The highest BCUT2D eigenvalue weighted by Crippen LogP contribution is 2.24. The Morgan fingerprint density at radius 1 is 1.50 bits per heavy atom. The predicted molar refractivity (Wildman–Crippen MR) is 45.8 cm³/mol. The van der Waals surface area contributed by atoms with Crippen molar-refractivity contribution >= 4 is 0 Å². The van der Waals surface area contributed by atoms with Gasteiger partial charge in [0.05, 0.1) is 0 Å². The number of nitrogens with zero attached hydrogens (tertiary/aromatic N) is 3. The van der Waals surface area contributed by atoms with E-state index in [-0.39, 0.29) is 11.7 Å². The lowest BCUT2D eigenvalue weighted by Gasteiger charge is -2.22. The van der Waals surface area contributed by atoms with E-state index in [0.717, 1.165) is 6.42 Å². The molecule has 1 aliphatic heterocycles. The van der Waals surface area contributed by atoms with Gasteiger partial charge in [-0.25, -0.2) is 8.78 Å². The van der Waals surface area contributed by atoms with Gasteiger partial charge in [0, 0.05) is 13.0 Å². The smallest absolute Gasteiger partial charge is 0.297 e. The first-order chi connectivity index (χ1) is 6.72. The number of aryl methyl sites for hydroxylation is 1. The zero-order chi connectivity index (χ0) is 10.1. The predicted octanol–water partition coefficient (Wildman–Crippen LogP) is 0.737. The highest BCUT2D eigenvalue weighted by Gasteiger charge is 2.25. The zero-order valence-corrected chi connectivity index (χ0v) is 7.66. The van der Waals surface area contributed by atoms with Gasteiger partial charge >= 0.3 is 0 Å². The molecule has 4 nitrogen and oxygen atoms in total. The van der Waals surface area contributed by atoms with Crippen LogP contribution in [0.1, 0.15) is 24.5 Å². The molecule has 0 aromatic carbocycles. The van der Waals surface area contributed by atoms with Gasteiger partial charge in [0.2, 0.25) is 0 Å². The summed E-state index contributed by atoms with van der Waals surface area (Å²) in [5.74, 6) is 0.708. The maximum atomic E-state index is 12.5. The lowest BCUT2D eigenvalue weighted by molar-refractivity contribution is 0.131. The van der Waals surface area contributed by atoms with Crippen molar-refractivity contribution in [1.82, 2.24) is 14.8 Å². The topological polar surface area (TPSA) is 56.7 Å².